The van der Waals surface area contributed by atoms with Crippen LogP contribution >= 0.6 is 23.2 Å². The van der Waals surface area contributed by atoms with Crippen LogP contribution in [0.1, 0.15) is 26.3 Å². The van der Waals surface area contributed by atoms with E-state index in [1.54, 1.807) is 37.3 Å². The highest BCUT2D eigenvalue weighted by Crippen LogP contribution is 2.44. The minimum atomic E-state index is -1.57. The van der Waals surface area contributed by atoms with E-state index < -0.39 is 23.5 Å². The van der Waals surface area contributed by atoms with E-state index in [0.717, 1.165) is 5.56 Å². The Morgan fingerprint density at radius 2 is 1.91 bits per heavy atom. The fraction of sp³-hybridized carbons (Fsp3) is 0.412. The third-order valence-corrected chi connectivity index (χ3v) is 4.32. The Morgan fingerprint density at radius 1 is 1.35 bits per heavy atom. The number of epoxide rings is 1. The zero-order chi connectivity index (χ0) is 17.2. The molecule has 6 heteroatoms. The molecule has 0 aromatic heterocycles. The van der Waals surface area contributed by atoms with Crippen molar-refractivity contribution in [2.75, 3.05) is 6.61 Å². The van der Waals surface area contributed by atoms with Gasteiger partial charge in [-0.3, -0.25) is 0 Å². The van der Waals surface area contributed by atoms with Crippen molar-refractivity contribution < 1.29 is 19.1 Å². The lowest BCUT2D eigenvalue weighted by molar-refractivity contribution is -0.151. The highest BCUT2D eigenvalue weighted by Gasteiger charge is 2.70. The lowest BCUT2D eigenvalue weighted by atomic mass is 9.82. The van der Waals surface area contributed by atoms with Crippen LogP contribution in [0.25, 0.3) is 5.03 Å². The number of carbonyl (C=O) groups excluding carboxylic acids is 2. The van der Waals surface area contributed by atoms with Crippen molar-refractivity contribution in [1.29, 1.82) is 0 Å². The summed E-state index contributed by atoms with van der Waals surface area (Å²) in [5.74, 6) is -1.81. The van der Waals surface area contributed by atoms with Gasteiger partial charge in [-0.05, 0) is 30.5 Å². The monoisotopic (exact) mass is 356 g/mol. The number of carbonyl (C=O) groups is 2. The Balaban J connectivity index is 2.35. The minimum absolute atomic E-state index is 0.0492. The molecule has 0 aliphatic carbocycles. The first-order valence-corrected chi connectivity index (χ1v) is 8.12. The molecule has 1 aromatic carbocycles. The Labute approximate surface area is 145 Å². The highest BCUT2D eigenvalue weighted by atomic mass is 35.5. The third-order valence-electron chi connectivity index (χ3n) is 3.73. The molecule has 0 saturated carbocycles. The number of hydrogen-bond donors (Lipinski definition) is 0. The first kappa shape index (κ1) is 17.8. The van der Waals surface area contributed by atoms with Crippen LogP contribution in [0.5, 0.6) is 0 Å². The van der Waals surface area contributed by atoms with E-state index >= 15 is 0 Å². The molecule has 2 rings (SSSR count). The molecule has 0 N–H and O–H groups in total. The van der Waals surface area contributed by atoms with E-state index in [4.69, 9.17) is 32.7 Å². The van der Waals surface area contributed by atoms with Crippen LogP contribution in [0.4, 0.5) is 0 Å². The third kappa shape index (κ3) is 3.54. The second-order valence-electron chi connectivity index (χ2n) is 5.64. The van der Waals surface area contributed by atoms with Gasteiger partial charge in [-0.15, -0.1) is 0 Å². The fourth-order valence-electron chi connectivity index (χ4n) is 2.47. The average Bonchev–Trinajstić information content (AvgIpc) is 3.17. The molecule has 4 nitrogen and oxygen atoms in total. The molecule has 2 atom stereocenters. The van der Waals surface area contributed by atoms with Gasteiger partial charge in [0.1, 0.15) is 0 Å². The topological polar surface area (TPSA) is 55.9 Å². The maximum atomic E-state index is 12.2. The summed E-state index contributed by atoms with van der Waals surface area (Å²) in [7, 11) is 0. The summed E-state index contributed by atoms with van der Waals surface area (Å²) < 4.78 is 10.1. The van der Waals surface area contributed by atoms with Gasteiger partial charge in [-0.2, -0.15) is 0 Å². The van der Waals surface area contributed by atoms with E-state index in [-0.39, 0.29) is 12.5 Å². The Kier molecular flexibility index (Phi) is 5.37. The molecule has 23 heavy (non-hydrogen) atoms. The number of esters is 1. The number of ether oxygens (including phenoxy) is 2. The molecule has 0 radical (unpaired) electrons. The van der Waals surface area contributed by atoms with Crippen LogP contribution in [0.15, 0.2) is 30.3 Å². The van der Waals surface area contributed by atoms with Crippen LogP contribution < -0.4 is 0 Å². The molecule has 1 saturated heterocycles. The number of rotatable bonds is 6. The van der Waals surface area contributed by atoms with E-state index in [1.807, 2.05) is 13.8 Å². The summed E-state index contributed by atoms with van der Waals surface area (Å²) >= 11 is 12.2. The first-order chi connectivity index (χ1) is 10.8. The minimum Gasteiger partial charge on any atom is -0.463 e. The maximum absolute atomic E-state index is 12.2. The second kappa shape index (κ2) is 6.93. The van der Waals surface area contributed by atoms with Gasteiger partial charge in [0.2, 0.25) is 0 Å². The first-order valence-electron chi connectivity index (χ1n) is 7.36. The van der Waals surface area contributed by atoms with Crippen LogP contribution in [-0.4, -0.2) is 24.1 Å². The predicted molar refractivity (Wildman–Crippen MR) is 89.1 cm³/mol. The predicted octanol–water partition coefficient (Wildman–Crippen LogP) is 4.05. The van der Waals surface area contributed by atoms with Crippen LogP contribution in [0, 0.1) is 11.8 Å². The molecule has 1 aromatic rings. The Bertz CT molecular complexity index is 636. The maximum Gasteiger partial charge on any atom is 0.365 e. The van der Waals surface area contributed by atoms with Crippen LogP contribution in [0.2, 0.25) is 5.02 Å². The summed E-state index contributed by atoms with van der Waals surface area (Å²) in [5, 5.41) is 1.02. The number of benzene rings is 1. The van der Waals surface area contributed by atoms with Gasteiger partial charge >= 0.3 is 17.5 Å². The molecule has 1 aliphatic rings. The molecule has 124 valence electrons. The molecule has 2 unspecified atom stereocenters. The molecule has 1 aliphatic heterocycles. The van der Waals surface area contributed by atoms with E-state index in [9.17, 15) is 9.59 Å². The Hall–Kier alpha value is -1.52. The van der Waals surface area contributed by atoms with E-state index in [2.05, 4.69) is 0 Å². The summed E-state index contributed by atoms with van der Waals surface area (Å²) in [5.41, 5.74) is -0.828. The molecule has 0 bridgehead atoms. The Morgan fingerprint density at radius 3 is 2.35 bits per heavy atom. The summed E-state index contributed by atoms with van der Waals surface area (Å²) in [4.78, 5) is 24.0. The van der Waals surface area contributed by atoms with Gasteiger partial charge in [0.05, 0.1) is 6.61 Å². The van der Waals surface area contributed by atoms with Crippen molar-refractivity contribution in [3.63, 3.8) is 0 Å². The van der Waals surface area contributed by atoms with Gasteiger partial charge in [-0.25, -0.2) is 9.59 Å². The van der Waals surface area contributed by atoms with Gasteiger partial charge in [0.15, 0.2) is 0 Å². The van der Waals surface area contributed by atoms with Gasteiger partial charge in [-0.1, -0.05) is 55.3 Å². The molecule has 1 fully saturated rings. The number of hydrogen-bond acceptors (Lipinski definition) is 4. The van der Waals surface area contributed by atoms with Crippen molar-refractivity contribution in [1.82, 2.24) is 0 Å². The standard InChI is InChI=1S/C17H18Cl2O4/c1-4-22-15(20)17(16(21)23-17)13(10(2)3)9-14(19)11-5-7-12(18)8-6-11/h5-10,13H,4H2,1-3H3. The summed E-state index contributed by atoms with van der Waals surface area (Å²) in [6.45, 7) is 5.64. The van der Waals surface area contributed by atoms with Crippen molar-refractivity contribution in [3.05, 3.63) is 40.9 Å². The van der Waals surface area contributed by atoms with Crippen molar-refractivity contribution >= 4 is 40.2 Å². The summed E-state index contributed by atoms with van der Waals surface area (Å²) in [6.07, 6.45) is 1.68. The molecular formula is C17H18Cl2O4. The number of halogens is 2. The fourth-order valence-corrected chi connectivity index (χ4v) is 2.85. The second-order valence-corrected chi connectivity index (χ2v) is 6.48. The molecular weight excluding hydrogens is 339 g/mol. The van der Waals surface area contributed by atoms with Gasteiger partial charge in [0.25, 0.3) is 0 Å². The SMILES string of the molecule is CCOC(=O)C1(C(C=C(Cl)c2ccc(Cl)cc2)C(C)C)OC1=O. The average molecular weight is 357 g/mol. The van der Waals surface area contributed by atoms with E-state index in [1.165, 1.54) is 0 Å². The lowest BCUT2D eigenvalue weighted by Gasteiger charge is -2.21. The molecule has 1 heterocycles. The largest absolute Gasteiger partial charge is 0.463 e. The zero-order valence-corrected chi connectivity index (χ0v) is 14.6. The van der Waals surface area contributed by atoms with Crippen molar-refractivity contribution in [3.8, 4) is 0 Å². The van der Waals surface area contributed by atoms with Gasteiger partial charge in [0, 0.05) is 16.0 Å². The van der Waals surface area contributed by atoms with Crippen LogP contribution in [-0.2, 0) is 19.1 Å². The van der Waals surface area contributed by atoms with Crippen LogP contribution in [0.3, 0.4) is 0 Å². The smallest absolute Gasteiger partial charge is 0.365 e. The zero-order valence-electron chi connectivity index (χ0n) is 13.1. The quantitative estimate of drug-likeness (QED) is 0.438. The number of cyclic esters (lactones) is 1. The van der Waals surface area contributed by atoms with E-state index in [0.29, 0.717) is 10.1 Å². The van der Waals surface area contributed by atoms with Gasteiger partial charge < -0.3 is 9.47 Å². The highest BCUT2D eigenvalue weighted by molar-refractivity contribution is 6.48. The van der Waals surface area contributed by atoms with Crippen molar-refractivity contribution in [2.24, 2.45) is 11.8 Å². The lowest BCUT2D eigenvalue weighted by Crippen LogP contribution is -2.38. The van der Waals surface area contributed by atoms with Crippen molar-refractivity contribution in [2.45, 2.75) is 26.4 Å². The molecule has 0 spiro atoms. The normalized spacial score (nSPS) is 21.8. The summed E-state index contributed by atoms with van der Waals surface area (Å²) in [6, 6.07) is 6.98. The molecule has 0 amide bonds.